The van der Waals surface area contributed by atoms with E-state index in [2.05, 4.69) is 5.32 Å². The summed E-state index contributed by atoms with van der Waals surface area (Å²) in [6.45, 7) is 8.80. The van der Waals surface area contributed by atoms with Gasteiger partial charge in [-0.05, 0) is 27.2 Å². The first kappa shape index (κ1) is 20.8. The molecule has 0 bridgehead atoms. The van der Waals surface area contributed by atoms with Gasteiger partial charge in [-0.1, -0.05) is 0 Å². The number of alkyl carbamates (subject to hydrolysis) is 1. The smallest absolute Gasteiger partial charge is 0.407 e. The largest absolute Gasteiger partial charge is 0.444 e. The highest BCUT2D eigenvalue weighted by atomic mass is 35.5. The molecule has 19 heavy (non-hydrogen) atoms. The molecule has 0 aliphatic rings. The standard InChI is InChI=1S/C12H26N2O4.ClH/c1-12(2,3)18-11(15)14-6-4-7-16-9-10-17-8-5-13;/h4-10,13H2,1-3H3,(H,14,15);1H. The number of nitrogens with two attached hydrogens (primary N) is 1. The first-order valence-corrected chi connectivity index (χ1v) is 6.28. The van der Waals surface area contributed by atoms with Crippen LogP contribution >= 0.6 is 12.4 Å². The fraction of sp³-hybridized carbons (Fsp3) is 0.917. The molecule has 0 aromatic carbocycles. The zero-order valence-electron chi connectivity index (χ0n) is 12.1. The van der Waals surface area contributed by atoms with Gasteiger partial charge in [0, 0.05) is 19.7 Å². The van der Waals surface area contributed by atoms with Crippen LogP contribution < -0.4 is 11.1 Å². The zero-order valence-corrected chi connectivity index (χ0v) is 12.9. The lowest BCUT2D eigenvalue weighted by molar-refractivity contribution is 0.0453. The molecule has 0 atom stereocenters. The third-order valence-electron chi connectivity index (χ3n) is 1.77. The van der Waals surface area contributed by atoms with Gasteiger partial charge >= 0.3 is 6.09 Å². The predicted octanol–water partition coefficient (Wildman–Crippen LogP) is 1.31. The summed E-state index contributed by atoms with van der Waals surface area (Å²) < 4.78 is 15.5. The van der Waals surface area contributed by atoms with Crippen molar-refractivity contribution in [2.75, 3.05) is 39.5 Å². The summed E-state index contributed by atoms with van der Waals surface area (Å²) in [4.78, 5) is 11.3. The van der Waals surface area contributed by atoms with Crippen LogP contribution in [-0.2, 0) is 14.2 Å². The Morgan fingerprint density at radius 3 is 2.21 bits per heavy atom. The van der Waals surface area contributed by atoms with Crippen LogP contribution in [0.5, 0.6) is 0 Å². The Morgan fingerprint density at radius 2 is 1.68 bits per heavy atom. The van der Waals surface area contributed by atoms with Crippen LogP contribution in [0.3, 0.4) is 0 Å². The fourth-order valence-electron chi connectivity index (χ4n) is 1.08. The Hall–Kier alpha value is -0.560. The van der Waals surface area contributed by atoms with E-state index in [1.54, 1.807) is 0 Å². The molecule has 0 heterocycles. The Bertz CT molecular complexity index is 222. The van der Waals surface area contributed by atoms with Gasteiger partial charge in [-0.25, -0.2) is 4.79 Å². The van der Waals surface area contributed by atoms with Crippen LogP contribution in [0.2, 0.25) is 0 Å². The lowest BCUT2D eigenvalue weighted by atomic mass is 10.2. The molecule has 116 valence electrons. The maximum absolute atomic E-state index is 11.3. The van der Waals surface area contributed by atoms with Crippen LogP contribution in [0, 0.1) is 0 Å². The minimum atomic E-state index is -0.457. The van der Waals surface area contributed by atoms with E-state index in [9.17, 15) is 4.79 Å². The molecule has 0 spiro atoms. The van der Waals surface area contributed by atoms with Gasteiger partial charge in [0.2, 0.25) is 0 Å². The molecule has 0 aromatic heterocycles. The summed E-state index contributed by atoms with van der Waals surface area (Å²) in [5.74, 6) is 0. The molecule has 1 amide bonds. The van der Waals surface area contributed by atoms with Crippen molar-refractivity contribution in [3.05, 3.63) is 0 Å². The van der Waals surface area contributed by atoms with E-state index in [4.69, 9.17) is 19.9 Å². The van der Waals surface area contributed by atoms with Gasteiger partial charge in [0.1, 0.15) is 5.60 Å². The summed E-state index contributed by atoms with van der Waals surface area (Å²) in [6, 6.07) is 0. The highest BCUT2D eigenvalue weighted by molar-refractivity contribution is 5.85. The van der Waals surface area contributed by atoms with Gasteiger partial charge in [0.05, 0.1) is 19.8 Å². The molecule has 0 saturated heterocycles. The molecule has 6 nitrogen and oxygen atoms in total. The summed E-state index contributed by atoms with van der Waals surface area (Å²) in [5, 5.41) is 2.66. The van der Waals surface area contributed by atoms with Crippen LogP contribution in [0.25, 0.3) is 0 Å². The second kappa shape index (κ2) is 12.5. The second-order valence-electron chi connectivity index (χ2n) is 4.80. The first-order valence-electron chi connectivity index (χ1n) is 6.28. The molecular formula is C12H27ClN2O4. The maximum Gasteiger partial charge on any atom is 0.407 e. The van der Waals surface area contributed by atoms with E-state index in [1.807, 2.05) is 20.8 Å². The van der Waals surface area contributed by atoms with Crippen molar-refractivity contribution in [2.45, 2.75) is 32.8 Å². The van der Waals surface area contributed by atoms with Crippen LogP contribution in [0.1, 0.15) is 27.2 Å². The number of rotatable bonds is 9. The first-order chi connectivity index (χ1) is 8.45. The van der Waals surface area contributed by atoms with Crippen molar-refractivity contribution < 1.29 is 19.0 Å². The van der Waals surface area contributed by atoms with E-state index in [0.717, 1.165) is 6.42 Å². The Morgan fingerprint density at radius 1 is 1.11 bits per heavy atom. The summed E-state index contributed by atoms with van der Waals surface area (Å²) in [6.07, 6.45) is 0.352. The van der Waals surface area contributed by atoms with E-state index >= 15 is 0 Å². The number of ether oxygens (including phenoxy) is 3. The minimum absolute atomic E-state index is 0. The molecule has 0 radical (unpaired) electrons. The van der Waals surface area contributed by atoms with Crippen molar-refractivity contribution in [3.8, 4) is 0 Å². The lowest BCUT2D eigenvalue weighted by Gasteiger charge is -2.19. The normalized spacial score (nSPS) is 10.7. The average Bonchev–Trinajstić information content (AvgIpc) is 2.24. The Kier molecular flexibility index (Phi) is 13.6. The Labute approximate surface area is 121 Å². The molecule has 0 rings (SSSR count). The quantitative estimate of drug-likeness (QED) is 0.627. The molecule has 0 aliphatic carbocycles. The van der Waals surface area contributed by atoms with Gasteiger partial charge in [0.25, 0.3) is 0 Å². The van der Waals surface area contributed by atoms with Crippen LogP contribution in [0.15, 0.2) is 0 Å². The number of hydrogen-bond donors (Lipinski definition) is 2. The minimum Gasteiger partial charge on any atom is -0.444 e. The third kappa shape index (κ3) is 17.4. The highest BCUT2D eigenvalue weighted by Gasteiger charge is 2.15. The summed E-state index contributed by atoms with van der Waals surface area (Å²) >= 11 is 0. The maximum atomic E-state index is 11.3. The van der Waals surface area contributed by atoms with Crippen molar-refractivity contribution in [2.24, 2.45) is 5.73 Å². The zero-order chi connectivity index (χ0) is 13.9. The van der Waals surface area contributed by atoms with Crippen molar-refractivity contribution in [1.29, 1.82) is 0 Å². The van der Waals surface area contributed by atoms with E-state index in [-0.39, 0.29) is 12.4 Å². The number of carbonyl (C=O) groups excluding carboxylic acids is 1. The second-order valence-corrected chi connectivity index (χ2v) is 4.80. The molecule has 0 fully saturated rings. The number of halogens is 1. The SMILES string of the molecule is CC(C)(C)OC(=O)NCCCOCCOCCN.Cl. The number of nitrogens with one attached hydrogen (secondary N) is 1. The molecule has 0 aromatic rings. The Balaban J connectivity index is 0. The van der Waals surface area contributed by atoms with Crippen LogP contribution in [0.4, 0.5) is 4.79 Å². The molecule has 0 aliphatic heterocycles. The number of hydrogen-bond acceptors (Lipinski definition) is 5. The van der Waals surface area contributed by atoms with E-state index in [0.29, 0.717) is 39.5 Å². The molecule has 0 saturated carbocycles. The van der Waals surface area contributed by atoms with Gasteiger partial charge in [-0.2, -0.15) is 0 Å². The average molecular weight is 299 g/mol. The van der Waals surface area contributed by atoms with Crippen molar-refractivity contribution >= 4 is 18.5 Å². The van der Waals surface area contributed by atoms with Crippen molar-refractivity contribution in [3.63, 3.8) is 0 Å². The summed E-state index contributed by atoms with van der Waals surface area (Å²) in [5.41, 5.74) is 4.81. The highest BCUT2D eigenvalue weighted by Crippen LogP contribution is 2.06. The number of carbonyl (C=O) groups is 1. The van der Waals surface area contributed by atoms with Gasteiger partial charge in [-0.3, -0.25) is 0 Å². The molecule has 0 unspecified atom stereocenters. The van der Waals surface area contributed by atoms with Crippen molar-refractivity contribution in [1.82, 2.24) is 5.32 Å². The molecule has 7 heteroatoms. The van der Waals surface area contributed by atoms with Gasteiger partial charge < -0.3 is 25.3 Å². The van der Waals surface area contributed by atoms with Gasteiger partial charge in [-0.15, -0.1) is 12.4 Å². The van der Waals surface area contributed by atoms with E-state index in [1.165, 1.54) is 0 Å². The predicted molar refractivity (Wildman–Crippen MR) is 76.8 cm³/mol. The molecule has 3 N–H and O–H groups in total. The third-order valence-corrected chi connectivity index (χ3v) is 1.77. The van der Waals surface area contributed by atoms with Crippen LogP contribution in [-0.4, -0.2) is 51.2 Å². The lowest BCUT2D eigenvalue weighted by Crippen LogP contribution is -2.33. The fourth-order valence-corrected chi connectivity index (χ4v) is 1.08. The summed E-state index contributed by atoms with van der Waals surface area (Å²) in [7, 11) is 0. The monoisotopic (exact) mass is 298 g/mol. The van der Waals surface area contributed by atoms with Gasteiger partial charge in [0.15, 0.2) is 0 Å². The van der Waals surface area contributed by atoms with E-state index < -0.39 is 11.7 Å². The number of amides is 1. The molecular weight excluding hydrogens is 272 g/mol. The topological polar surface area (TPSA) is 82.8 Å².